The third-order valence-corrected chi connectivity index (χ3v) is 4.01. The molecule has 1 aliphatic rings. The first-order chi connectivity index (χ1) is 10.1. The molecule has 114 valence electrons. The van der Waals surface area contributed by atoms with Crippen LogP contribution in [0.15, 0.2) is 22.7 Å². The summed E-state index contributed by atoms with van der Waals surface area (Å²) in [5, 5.41) is 14.4. The molecule has 1 aromatic carbocycles. The van der Waals surface area contributed by atoms with Crippen LogP contribution >= 0.6 is 15.9 Å². The summed E-state index contributed by atoms with van der Waals surface area (Å²) < 4.78 is 5.74. The van der Waals surface area contributed by atoms with Gasteiger partial charge in [-0.2, -0.15) is 0 Å². The topological polar surface area (TPSA) is 87.7 Å². The number of carboxylic acids is 1. The van der Waals surface area contributed by atoms with E-state index in [-0.39, 0.29) is 11.6 Å². The number of carbonyl (C=O) groups is 2. The highest BCUT2D eigenvalue weighted by Gasteiger charge is 2.15. The summed E-state index contributed by atoms with van der Waals surface area (Å²) in [6.07, 6.45) is 1.92. The molecule has 7 heteroatoms. The number of hydrogen-bond acceptors (Lipinski definition) is 3. The highest BCUT2D eigenvalue weighted by molar-refractivity contribution is 9.10. The first kappa shape index (κ1) is 15.8. The summed E-state index contributed by atoms with van der Waals surface area (Å²) in [5.74, 6) is -0.538. The van der Waals surface area contributed by atoms with E-state index in [1.54, 1.807) is 12.1 Å². The van der Waals surface area contributed by atoms with Crippen molar-refractivity contribution in [3.63, 3.8) is 0 Å². The second-order valence-electron chi connectivity index (χ2n) is 4.90. The van der Waals surface area contributed by atoms with Crippen molar-refractivity contribution in [1.29, 1.82) is 0 Å². The van der Waals surface area contributed by atoms with Crippen molar-refractivity contribution in [2.75, 3.05) is 25.1 Å². The largest absolute Gasteiger partial charge is 0.478 e. The van der Waals surface area contributed by atoms with Crippen molar-refractivity contribution in [3.05, 3.63) is 28.2 Å². The van der Waals surface area contributed by atoms with Crippen LogP contribution in [0, 0.1) is 5.92 Å². The maximum Gasteiger partial charge on any atom is 0.336 e. The number of aromatic carboxylic acids is 1. The van der Waals surface area contributed by atoms with Crippen LogP contribution in [0.5, 0.6) is 0 Å². The van der Waals surface area contributed by atoms with E-state index in [9.17, 15) is 9.59 Å². The molecule has 1 heterocycles. The van der Waals surface area contributed by atoms with Gasteiger partial charge in [-0.05, 0) is 52.9 Å². The minimum atomic E-state index is -1.05. The zero-order valence-corrected chi connectivity index (χ0v) is 13.0. The first-order valence-corrected chi connectivity index (χ1v) is 7.51. The van der Waals surface area contributed by atoms with Gasteiger partial charge >= 0.3 is 12.0 Å². The molecular formula is C14H17BrN2O4. The number of nitrogens with one attached hydrogen (secondary N) is 2. The van der Waals surface area contributed by atoms with E-state index in [4.69, 9.17) is 9.84 Å². The Kier molecular flexibility index (Phi) is 5.58. The second kappa shape index (κ2) is 7.42. The second-order valence-corrected chi connectivity index (χ2v) is 5.75. The molecule has 2 amide bonds. The molecule has 1 atom stereocenters. The molecule has 0 bridgehead atoms. The highest BCUT2D eigenvalue weighted by Crippen LogP contribution is 2.21. The molecule has 1 saturated heterocycles. The Hall–Kier alpha value is -1.60. The monoisotopic (exact) mass is 356 g/mol. The predicted octanol–water partition coefficient (Wildman–Crippen LogP) is 2.70. The quantitative estimate of drug-likeness (QED) is 0.756. The van der Waals surface area contributed by atoms with Gasteiger partial charge in [-0.15, -0.1) is 0 Å². The highest BCUT2D eigenvalue weighted by atomic mass is 79.9. The van der Waals surface area contributed by atoms with E-state index < -0.39 is 5.97 Å². The molecule has 0 aromatic heterocycles. The minimum absolute atomic E-state index is 0.107. The molecule has 2 rings (SSSR count). The Bertz CT molecular complexity index is 530. The van der Waals surface area contributed by atoms with Crippen molar-refractivity contribution in [1.82, 2.24) is 5.32 Å². The predicted molar refractivity (Wildman–Crippen MR) is 81.7 cm³/mol. The lowest BCUT2D eigenvalue weighted by molar-refractivity contribution is 0.0696. The molecule has 0 spiro atoms. The Morgan fingerprint density at radius 3 is 2.90 bits per heavy atom. The minimum Gasteiger partial charge on any atom is -0.478 e. The van der Waals surface area contributed by atoms with Gasteiger partial charge in [0.1, 0.15) is 0 Å². The van der Waals surface area contributed by atoms with Crippen LogP contribution in [0.2, 0.25) is 0 Å². The summed E-state index contributed by atoms with van der Waals surface area (Å²) in [6.45, 7) is 2.13. The van der Waals surface area contributed by atoms with Gasteiger partial charge in [0.15, 0.2) is 0 Å². The molecule has 0 saturated carbocycles. The van der Waals surface area contributed by atoms with Crippen molar-refractivity contribution >= 4 is 33.6 Å². The zero-order chi connectivity index (χ0) is 15.2. The fourth-order valence-corrected chi connectivity index (χ4v) is 2.56. The standard InChI is InChI=1S/C14H17BrN2O4/c15-12-2-1-10(7-11(12)13(18)19)17-14(20)16-5-3-9-4-6-21-8-9/h1-2,7,9H,3-6,8H2,(H,18,19)(H2,16,17,20). The van der Waals surface area contributed by atoms with E-state index >= 15 is 0 Å². The van der Waals surface area contributed by atoms with Gasteiger partial charge in [0.05, 0.1) is 5.56 Å². The maximum atomic E-state index is 11.7. The van der Waals surface area contributed by atoms with Gasteiger partial charge in [0.2, 0.25) is 0 Å². The van der Waals surface area contributed by atoms with E-state index in [1.165, 1.54) is 6.07 Å². The van der Waals surface area contributed by atoms with Crippen molar-refractivity contribution in [3.8, 4) is 0 Å². The van der Waals surface area contributed by atoms with Crippen LogP contribution in [0.4, 0.5) is 10.5 Å². The summed E-state index contributed by atoms with van der Waals surface area (Å²) in [5.41, 5.74) is 0.549. The molecule has 21 heavy (non-hydrogen) atoms. The molecule has 6 nitrogen and oxygen atoms in total. The summed E-state index contributed by atoms with van der Waals surface area (Å²) in [4.78, 5) is 22.7. The number of benzene rings is 1. The van der Waals surface area contributed by atoms with Crippen LogP contribution in [0.3, 0.4) is 0 Å². The molecule has 0 radical (unpaired) electrons. The van der Waals surface area contributed by atoms with E-state index in [0.717, 1.165) is 26.1 Å². The SMILES string of the molecule is O=C(NCCC1CCOC1)Nc1ccc(Br)c(C(=O)O)c1. The number of halogens is 1. The summed E-state index contributed by atoms with van der Waals surface area (Å²) in [7, 11) is 0. The van der Waals surface area contributed by atoms with Gasteiger partial charge in [-0.3, -0.25) is 0 Å². The van der Waals surface area contributed by atoms with Crippen LogP contribution < -0.4 is 10.6 Å². The number of rotatable bonds is 5. The maximum absolute atomic E-state index is 11.7. The lowest BCUT2D eigenvalue weighted by Gasteiger charge is -2.10. The number of amides is 2. The third-order valence-electron chi connectivity index (χ3n) is 3.32. The van der Waals surface area contributed by atoms with E-state index in [2.05, 4.69) is 26.6 Å². The van der Waals surface area contributed by atoms with Gasteiger partial charge in [0, 0.05) is 29.9 Å². The number of urea groups is 1. The Labute approximate surface area is 131 Å². The molecule has 0 aliphatic carbocycles. The van der Waals surface area contributed by atoms with Gasteiger partial charge < -0.3 is 20.5 Å². The van der Waals surface area contributed by atoms with Gasteiger partial charge in [0.25, 0.3) is 0 Å². The summed E-state index contributed by atoms with van der Waals surface area (Å²) in [6, 6.07) is 4.31. The van der Waals surface area contributed by atoms with E-state index in [1.807, 2.05) is 0 Å². The molecule has 1 aromatic rings. The van der Waals surface area contributed by atoms with Crippen LogP contribution in [0.25, 0.3) is 0 Å². The summed E-state index contributed by atoms with van der Waals surface area (Å²) >= 11 is 3.16. The molecule has 3 N–H and O–H groups in total. The van der Waals surface area contributed by atoms with Crippen LogP contribution in [0.1, 0.15) is 23.2 Å². The van der Waals surface area contributed by atoms with Crippen molar-refractivity contribution in [2.45, 2.75) is 12.8 Å². The Balaban J connectivity index is 1.81. The fourth-order valence-electron chi connectivity index (χ4n) is 2.14. The number of anilines is 1. The first-order valence-electron chi connectivity index (χ1n) is 6.71. The van der Waals surface area contributed by atoms with Crippen molar-refractivity contribution in [2.24, 2.45) is 5.92 Å². The number of carbonyl (C=O) groups excluding carboxylic acids is 1. The van der Waals surface area contributed by atoms with Gasteiger partial charge in [-0.1, -0.05) is 0 Å². The Morgan fingerprint density at radius 2 is 2.24 bits per heavy atom. The zero-order valence-electron chi connectivity index (χ0n) is 11.4. The number of carboxylic acid groups (broad SMARTS) is 1. The molecule has 1 unspecified atom stereocenters. The normalized spacial score (nSPS) is 17.5. The molecule has 1 aliphatic heterocycles. The lowest BCUT2D eigenvalue weighted by Crippen LogP contribution is -2.30. The molecular weight excluding hydrogens is 340 g/mol. The fraction of sp³-hybridized carbons (Fsp3) is 0.429. The van der Waals surface area contributed by atoms with Crippen LogP contribution in [-0.2, 0) is 4.74 Å². The smallest absolute Gasteiger partial charge is 0.336 e. The average Bonchev–Trinajstić information content (AvgIpc) is 2.94. The number of ether oxygens (including phenoxy) is 1. The third kappa shape index (κ3) is 4.71. The van der Waals surface area contributed by atoms with Crippen LogP contribution in [-0.4, -0.2) is 36.9 Å². The lowest BCUT2D eigenvalue weighted by atomic mass is 10.1. The van der Waals surface area contributed by atoms with E-state index in [0.29, 0.717) is 22.6 Å². The average molecular weight is 357 g/mol. The Morgan fingerprint density at radius 1 is 1.43 bits per heavy atom. The van der Waals surface area contributed by atoms with Gasteiger partial charge in [-0.25, -0.2) is 9.59 Å². The van der Waals surface area contributed by atoms with Crippen molar-refractivity contribution < 1.29 is 19.4 Å². The number of hydrogen-bond donors (Lipinski definition) is 3. The molecule has 1 fully saturated rings.